The number of rotatable bonds is 3. The molecule has 0 aliphatic heterocycles. The first-order valence-electron chi connectivity index (χ1n) is 5.30. The summed E-state index contributed by atoms with van der Waals surface area (Å²) < 4.78 is 1.13. The Hall–Kier alpha value is -1.57. The average molecular weight is 290 g/mol. The molecule has 1 N–H and O–H groups in total. The number of nitrogens with one attached hydrogen (secondary N) is 1. The Labute approximate surface area is 107 Å². The van der Waals surface area contributed by atoms with Crippen LogP contribution in [0.3, 0.4) is 0 Å². The van der Waals surface area contributed by atoms with Crippen LogP contribution in [-0.2, 0) is 0 Å². The topological polar surface area (TPSA) is 29.1 Å². The van der Waals surface area contributed by atoms with Crippen molar-refractivity contribution in [1.29, 1.82) is 0 Å². The molecule has 0 unspecified atom stereocenters. The normalized spacial score (nSPS) is 9.94. The third kappa shape index (κ3) is 2.96. The van der Waals surface area contributed by atoms with E-state index < -0.39 is 0 Å². The fourth-order valence-corrected chi connectivity index (χ4v) is 2.80. The van der Waals surface area contributed by atoms with Gasteiger partial charge in [0.1, 0.15) is 0 Å². The maximum atomic E-state index is 12.1. The van der Waals surface area contributed by atoms with Crippen molar-refractivity contribution in [2.24, 2.45) is 0 Å². The summed E-state index contributed by atoms with van der Waals surface area (Å²) in [4.78, 5) is 12.1. The third-order valence-corrected chi connectivity index (χ3v) is 4.05. The van der Waals surface area contributed by atoms with Crippen LogP contribution in [0.5, 0.6) is 0 Å². The summed E-state index contributed by atoms with van der Waals surface area (Å²) in [6, 6.07) is 17.3. The van der Waals surface area contributed by atoms with Crippen molar-refractivity contribution in [2.75, 3.05) is 5.32 Å². The quantitative estimate of drug-likeness (QED) is 0.864. The molecule has 0 aliphatic carbocycles. The van der Waals surface area contributed by atoms with E-state index in [1.165, 1.54) is 0 Å². The molecule has 0 radical (unpaired) electrons. The monoisotopic (exact) mass is 291 g/mol. The van der Waals surface area contributed by atoms with Crippen molar-refractivity contribution >= 4 is 31.0 Å². The number of amides is 1. The summed E-state index contributed by atoms with van der Waals surface area (Å²) in [5, 5.41) is 2.90. The molecule has 3 heteroatoms. The molecule has 1 amide bonds. The molecule has 0 bridgehead atoms. The Bertz CT molecular complexity index is 511. The Morgan fingerprint density at radius 2 is 1.65 bits per heavy atom. The van der Waals surface area contributed by atoms with Crippen LogP contribution in [-0.4, -0.2) is 20.9 Å². The van der Waals surface area contributed by atoms with E-state index in [2.05, 4.69) is 11.1 Å². The van der Waals surface area contributed by atoms with Crippen LogP contribution < -0.4 is 9.78 Å². The van der Waals surface area contributed by atoms with Crippen molar-refractivity contribution < 1.29 is 4.79 Å². The van der Waals surface area contributed by atoms with Crippen LogP contribution in [0.4, 0.5) is 5.69 Å². The molecule has 0 saturated carbocycles. The Morgan fingerprint density at radius 1 is 1.00 bits per heavy atom. The molecular weight excluding hydrogens is 277 g/mol. The molecule has 2 rings (SSSR count). The molecule has 2 aromatic rings. The number of hydrogen-bond donors (Lipinski definition) is 1. The molecular formula is C14H13NOSe. The van der Waals surface area contributed by atoms with Crippen molar-refractivity contribution in [3.8, 4) is 0 Å². The molecule has 86 valence electrons. The van der Waals surface area contributed by atoms with Crippen molar-refractivity contribution in [3.05, 3.63) is 60.2 Å². The number of carbonyl (C=O) groups excluding carboxylic acids is 1. The van der Waals surface area contributed by atoms with E-state index in [1.807, 2.05) is 54.6 Å². The predicted octanol–water partition coefficient (Wildman–Crippen LogP) is 2.32. The molecule has 0 atom stereocenters. The Morgan fingerprint density at radius 3 is 2.35 bits per heavy atom. The number of benzene rings is 2. The summed E-state index contributed by atoms with van der Waals surface area (Å²) in [5.41, 5.74) is 1.61. The maximum absolute atomic E-state index is 12.1. The minimum atomic E-state index is -0.0319. The zero-order valence-electron chi connectivity index (χ0n) is 9.51. The Kier molecular flexibility index (Phi) is 3.97. The van der Waals surface area contributed by atoms with Gasteiger partial charge in [-0.05, 0) is 0 Å². The fraction of sp³-hybridized carbons (Fsp3) is 0.0714. The van der Waals surface area contributed by atoms with E-state index in [0.717, 1.165) is 15.7 Å². The van der Waals surface area contributed by atoms with Gasteiger partial charge in [-0.3, -0.25) is 0 Å². The summed E-state index contributed by atoms with van der Waals surface area (Å²) >= 11 is 0.324. The standard InChI is InChI=1S/C14H13NOSe/c1-17-13-10-6-5-9-12(13)14(16)15-11-7-3-2-4-8-11/h2-10H,1H3,(H,15,16). The van der Waals surface area contributed by atoms with E-state index >= 15 is 0 Å². The van der Waals surface area contributed by atoms with Gasteiger partial charge in [0, 0.05) is 0 Å². The van der Waals surface area contributed by atoms with Crippen molar-refractivity contribution in [1.82, 2.24) is 0 Å². The zero-order valence-corrected chi connectivity index (χ0v) is 11.2. The molecule has 17 heavy (non-hydrogen) atoms. The number of carbonyl (C=O) groups is 1. The van der Waals surface area contributed by atoms with Crippen LogP contribution in [0, 0.1) is 0 Å². The van der Waals surface area contributed by atoms with Crippen LogP contribution in [0.25, 0.3) is 0 Å². The first kappa shape index (κ1) is 11.9. The van der Waals surface area contributed by atoms with Crippen LogP contribution >= 0.6 is 0 Å². The second-order valence-electron chi connectivity index (χ2n) is 3.52. The number of para-hydroxylation sites is 1. The SMILES string of the molecule is C[Se]c1ccccc1C(=O)Nc1ccccc1. The van der Waals surface area contributed by atoms with Gasteiger partial charge in [0.2, 0.25) is 0 Å². The average Bonchev–Trinajstić information content (AvgIpc) is 2.40. The van der Waals surface area contributed by atoms with Gasteiger partial charge < -0.3 is 0 Å². The Balaban J connectivity index is 2.20. The third-order valence-electron chi connectivity index (χ3n) is 2.38. The van der Waals surface area contributed by atoms with Crippen LogP contribution in [0.1, 0.15) is 10.4 Å². The van der Waals surface area contributed by atoms with Crippen molar-refractivity contribution in [2.45, 2.75) is 5.82 Å². The van der Waals surface area contributed by atoms with E-state index in [0.29, 0.717) is 15.0 Å². The van der Waals surface area contributed by atoms with E-state index in [9.17, 15) is 4.79 Å². The molecule has 0 aromatic heterocycles. The minimum absolute atomic E-state index is 0.0319. The molecule has 2 nitrogen and oxygen atoms in total. The van der Waals surface area contributed by atoms with Gasteiger partial charge in [-0.1, -0.05) is 0 Å². The van der Waals surface area contributed by atoms with E-state index in [4.69, 9.17) is 0 Å². The molecule has 0 fully saturated rings. The van der Waals surface area contributed by atoms with Crippen molar-refractivity contribution in [3.63, 3.8) is 0 Å². The molecule has 0 aliphatic rings. The second kappa shape index (κ2) is 5.67. The fourth-order valence-electron chi connectivity index (χ4n) is 1.55. The van der Waals surface area contributed by atoms with Gasteiger partial charge in [0.15, 0.2) is 0 Å². The summed E-state index contributed by atoms with van der Waals surface area (Å²) in [6.07, 6.45) is 0. The van der Waals surface area contributed by atoms with Gasteiger partial charge in [-0.2, -0.15) is 0 Å². The zero-order chi connectivity index (χ0) is 12.1. The van der Waals surface area contributed by atoms with E-state index in [1.54, 1.807) is 0 Å². The first-order chi connectivity index (χ1) is 8.31. The second-order valence-corrected chi connectivity index (χ2v) is 5.30. The number of anilines is 1. The van der Waals surface area contributed by atoms with Crippen LogP contribution in [0.2, 0.25) is 5.82 Å². The van der Waals surface area contributed by atoms with Crippen LogP contribution in [0.15, 0.2) is 54.6 Å². The summed E-state index contributed by atoms with van der Waals surface area (Å²) in [7, 11) is 0. The molecule has 2 aromatic carbocycles. The van der Waals surface area contributed by atoms with E-state index in [-0.39, 0.29) is 5.91 Å². The van der Waals surface area contributed by atoms with Gasteiger partial charge in [0.05, 0.1) is 0 Å². The van der Waals surface area contributed by atoms with Gasteiger partial charge in [-0.25, -0.2) is 0 Å². The van der Waals surface area contributed by atoms with Gasteiger partial charge >= 0.3 is 107 Å². The summed E-state index contributed by atoms with van der Waals surface area (Å²) in [5.74, 6) is 2.08. The molecule has 0 spiro atoms. The van der Waals surface area contributed by atoms with Gasteiger partial charge in [-0.15, -0.1) is 0 Å². The predicted molar refractivity (Wildman–Crippen MR) is 72.1 cm³/mol. The first-order valence-corrected chi connectivity index (χ1v) is 7.87. The molecule has 0 saturated heterocycles. The number of hydrogen-bond acceptors (Lipinski definition) is 1. The molecule has 0 heterocycles. The summed E-state index contributed by atoms with van der Waals surface area (Å²) in [6.45, 7) is 0. The van der Waals surface area contributed by atoms with Gasteiger partial charge in [0.25, 0.3) is 0 Å².